The first-order valence-corrected chi connectivity index (χ1v) is 19.0. The highest BCUT2D eigenvalue weighted by Gasteiger charge is 2.77. The number of ether oxygens (including phenoxy) is 2. The summed E-state index contributed by atoms with van der Waals surface area (Å²) in [6.45, 7) is 7.10. The quantitative estimate of drug-likeness (QED) is 0.110. The topological polar surface area (TPSA) is 125 Å². The number of esters is 1. The number of nitrogens with zero attached hydrogens (tertiary/aromatic N) is 2. The predicted molar refractivity (Wildman–Crippen MR) is 205 cm³/mol. The molecule has 3 aliphatic rings. The van der Waals surface area contributed by atoms with E-state index in [4.69, 9.17) is 21.1 Å². The second kappa shape index (κ2) is 16.8. The Balaban J connectivity index is 1.38. The van der Waals surface area contributed by atoms with Crippen LogP contribution < -0.4 is 10.2 Å². The normalized spacial score (nSPS) is 25.3. The Morgan fingerprint density at radius 2 is 1.74 bits per heavy atom. The Morgan fingerprint density at radius 1 is 1.06 bits per heavy atom. The number of hydrogen-bond acceptors (Lipinski definition) is 7. The zero-order valence-corrected chi connectivity index (χ0v) is 31.5. The third-order valence-electron chi connectivity index (χ3n) is 10.4. The van der Waals surface area contributed by atoms with Gasteiger partial charge in [0.15, 0.2) is 0 Å². The molecule has 53 heavy (non-hydrogen) atoms. The van der Waals surface area contributed by atoms with Gasteiger partial charge in [-0.2, -0.15) is 0 Å². The lowest BCUT2D eigenvalue weighted by Gasteiger charge is -2.39. The molecule has 3 aromatic rings. The van der Waals surface area contributed by atoms with Gasteiger partial charge in [0.05, 0.1) is 36.6 Å². The number of benzene rings is 3. The molecule has 3 fully saturated rings. The van der Waals surface area contributed by atoms with Crippen LogP contribution in [0.1, 0.15) is 36.4 Å². The van der Waals surface area contributed by atoms with Crippen LogP contribution in [0.15, 0.2) is 110 Å². The van der Waals surface area contributed by atoms with Gasteiger partial charge < -0.3 is 29.7 Å². The molecule has 278 valence electrons. The number of hydrogen-bond donors (Lipinski definition) is 2. The van der Waals surface area contributed by atoms with E-state index in [-0.39, 0.29) is 37.2 Å². The fraction of sp³-hybridized carbons (Fsp3) is 0.366. The molecule has 3 aromatic carbocycles. The van der Waals surface area contributed by atoms with Gasteiger partial charge in [-0.15, -0.1) is 13.2 Å². The van der Waals surface area contributed by atoms with Crippen molar-refractivity contribution in [1.29, 1.82) is 0 Å². The summed E-state index contributed by atoms with van der Waals surface area (Å²) in [7, 11) is 0. The van der Waals surface area contributed by atoms with Gasteiger partial charge in [0, 0.05) is 28.5 Å². The molecule has 8 atom stereocenters. The number of aliphatic hydroxyl groups excluding tert-OH is 1. The molecule has 2 N–H and O–H groups in total. The molecule has 0 saturated carbocycles. The van der Waals surface area contributed by atoms with Crippen LogP contribution in [0.2, 0.25) is 5.02 Å². The Hall–Kier alpha value is -4.29. The van der Waals surface area contributed by atoms with E-state index in [9.17, 15) is 19.5 Å². The van der Waals surface area contributed by atoms with Crippen molar-refractivity contribution >= 4 is 56.9 Å². The van der Waals surface area contributed by atoms with Gasteiger partial charge >= 0.3 is 5.97 Å². The summed E-state index contributed by atoms with van der Waals surface area (Å²) in [6.07, 6.45) is 3.65. The molecule has 3 heterocycles. The van der Waals surface area contributed by atoms with Gasteiger partial charge in [0.1, 0.15) is 18.2 Å². The summed E-state index contributed by atoms with van der Waals surface area (Å²) in [4.78, 5) is 59.7. The van der Waals surface area contributed by atoms with Crippen LogP contribution in [-0.2, 0) is 35.1 Å². The number of carbonyl (C=O) groups is 4. The summed E-state index contributed by atoms with van der Waals surface area (Å²) in [5.74, 6) is -3.80. The summed E-state index contributed by atoms with van der Waals surface area (Å²) in [5, 5.41) is 14.4. The molecule has 6 rings (SSSR count). The average Bonchev–Trinajstić information content (AvgIpc) is 3.77. The lowest BCUT2D eigenvalue weighted by atomic mass is 9.70. The fourth-order valence-corrected chi connectivity index (χ4v) is 9.11. The fourth-order valence-electron chi connectivity index (χ4n) is 8.04. The van der Waals surface area contributed by atoms with E-state index in [1.54, 1.807) is 36.4 Å². The second-order valence-corrected chi connectivity index (χ2v) is 15.2. The van der Waals surface area contributed by atoms with Crippen LogP contribution in [0.3, 0.4) is 0 Å². The lowest BCUT2D eigenvalue weighted by Crippen LogP contribution is -2.59. The second-order valence-electron chi connectivity index (χ2n) is 13.6. The van der Waals surface area contributed by atoms with E-state index in [1.165, 1.54) is 9.80 Å². The summed E-state index contributed by atoms with van der Waals surface area (Å²) < 4.78 is 12.4. The monoisotopic (exact) mass is 803 g/mol. The number of carbonyl (C=O) groups excluding carboxylic acids is 4. The molecule has 3 amide bonds. The number of likely N-dealkylation sites (tertiary alicyclic amines) is 1. The van der Waals surface area contributed by atoms with E-state index in [1.807, 2.05) is 60.7 Å². The molecule has 1 unspecified atom stereocenters. The molecular weight excluding hydrogens is 762 g/mol. The first-order valence-electron chi connectivity index (χ1n) is 17.7. The maximum atomic E-state index is 15.1. The Bertz CT molecular complexity index is 1810. The van der Waals surface area contributed by atoms with E-state index in [0.717, 1.165) is 5.56 Å². The van der Waals surface area contributed by atoms with Crippen LogP contribution in [0.25, 0.3) is 0 Å². The first-order chi connectivity index (χ1) is 25.6. The minimum Gasteiger partial charge on any atom is -0.463 e. The van der Waals surface area contributed by atoms with Crippen molar-refractivity contribution in [3.63, 3.8) is 0 Å². The predicted octanol–water partition coefficient (Wildman–Crippen LogP) is 5.58. The molecule has 1 spiro atoms. The zero-order chi connectivity index (χ0) is 37.7. The minimum absolute atomic E-state index is 0.123. The molecule has 3 aliphatic heterocycles. The average molecular weight is 805 g/mol. The highest BCUT2D eigenvalue weighted by atomic mass is 79.9. The van der Waals surface area contributed by atoms with Crippen molar-refractivity contribution in [3.05, 3.63) is 126 Å². The molecule has 0 aliphatic carbocycles. The van der Waals surface area contributed by atoms with Crippen molar-refractivity contribution in [3.8, 4) is 0 Å². The number of halogens is 2. The molecule has 0 radical (unpaired) electrons. The third-order valence-corrected chi connectivity index (χ3v) is 11.5. The summed E-state index contributed by atoms with van der Waals surface area (Å²) >= 11 is 9.95. The SMILES string of the molecule is C=CCCC(=O)OC[C@@H](NC(=O)[C@@H]1[C@H]2O[C@@]3(CC2Br)[C@H](C(=O)N(CC=C)c2ccc(Cl)cc2)N([C@@H](CO)Cc2ccccc2)C(=O)[C@@H]13)c1ccccc1. The molecule has 2 bridgehead atoms. The smallest absolute Gasteiger partial charge is 0.306 e. The van der Waals surface area contributed by atoms with Crippen molar-refractivity contribution in [2.75, 3.05) is 24.7 Å². The minimum atomic E-state index is -1.40. The van der Waals surface area contributed by atoms with E-state index in [0.29, 0.717) is 22.7 Å². The van der Waals surface area contributed by atoms with Crippen molar-refractivity contribution < 1.29 is 33.8 Å². The molecule has 3 saturated heterocycles. The molecule has 0 aromatic heterocycles. The number of allylic oxidation sites excluding steroid dienone is 1. The van der Waals surface area contributed by atoms with E-state index < -0.39 is 72.0 Å². The number of aliphatic hydroxyl groups is 1. The number of rotatable bonds is 16. The maximum absolute atomic E-state index is 15.1. The van der Waals surface area contributed by atoms with Crippen molar-refractivity contribution in [2.45, 2.75) is 60.3 Å². The third kappa shape index (κ3) is 7.71. The van der Waals surface area contributed by atoms with Gasteiger partial charge in [-0.05, 0) is 54.7 Å². The standard InChI is InChI=1S/C41H43BrClN3O7/c1-3-5-16-33(48)52-25-32(27-14-10-7-11-15-27)44-38(49)34-35-39(50)46(30(24-47)22-26-12-8-6-9-13-26)37(41(35)23-31(42)36(34)53-41)40(51)45(21-4-2)29-19-17-28(43)18-20-29/h3-4,6-15,17-20,30-32,34-37,47H,1-2,5,16,21-25H2,(H,44,49)/t30-,31?,32-,34+,35-,36+,37+,41-/m1/s1. The largest absolute Gasteiger partial charge is 0.463 e. The lowest BCUT2D eigenvalue weighted by molar-refractivity contribution is -0.146. The zero-order valence-electron chi connectivity index (χ0n) is 29.2. The van der Waals surface area contributed by atoms with Crippen LogP contribution in [0.5, 0.6) is 0 Å². The molecule has 10 nitrogen and oxygen atoms in total. The number of alkyl halides is 1. The summed E-state index contributed by atoms with van der Waals surface area (Å²) in [5.41, 5.74) is 0.725. The van der Waals surface area contributed by atoms with Gasteiger partial charge in [0.25, 0.3) is 5.91 Å². The van der Waals surface area contributed by atoms with Crippen LogP contribution >= 0.6 is 27.5 Å². The van der Waals surface area contributed by atoms with Crippen LogP contribution in [0, 0.1) is 11.8 Å². The Kier molecular flexibility index (Phi) is 12.2. The van der Waals surface area contributed by atoms with E-state index in [2.05, 4.69) is 34.4 Å². The van der Waals surface area contributed by atoms with Crippen molar-refractivity contribution in [2.24, 2.45) is 11.8 Å². The molecular formula is C41H43BrClN3O7. The first kappa shape index (κ1) is 38.4. The maximum Gasteiger partial charge on any atom is 0.306 e. The number of fused-ring (bicyclic) bond motifs is 1. The van der Waals surface area contributed by atoms with Crippen molar-refractivity contribution in [1.82, 2.24) is 10.2 Å². The highest BCUT2D eigenvalue weighted by Crippen LogP contribution is 2.60. The number of nitrogens with one attached hydrogen (secondary N) is 1. The van der Waals surface area contributed by atoms with Gasteiger partial charge in [-0.1, -0.05) is 100 Å². The van der Waals surface area contributed by atoms with Gasteiger partial charge in [0.2, 0.25) is 11.8 Å². The Morgan fingerprint density at radius 3 is 2.38 bits per heavy atom. The van der Waals surface area contributed by atoms with Crippen LogP contribution in [-0.4, -0.2) is 82.1 Å². The van der Waals surface area contributed by atoms with Gasteiger partial charge in [-0.3, -0.25) is 19.2 Å². The molecule has 12 heteroatoms. The van der Waals surface area contributed by atoms with Crippen LogP contribution in [0.4, 0.5) is 5.69 Å². The summed E-state index contributed by atoms with van der Waals surface area (Å²) in [6, 6.07) is 22.7. The number of amides is 3. The Labute approximate surface area is 322 Å². The van der Waals surface area contributed by atoms with Gasteiger partial charge in [-0.25, -0.2) is 0 Å². The highest BCUT2D eigenvalue weighted by molar-refractivity contribution is 9.09. The number of anilines is 1. The van der Waals surface area contributed by atoms with E-state index >= 15 is 4.79 Å².